The number of aryl methyl sites for hydroxylation is 1. The molecule has 0 bridgehead atoms. The van der Waals surface area contributed by atoms with Crippen LogP contribution in [-0.2, 0) is 6.42 Å². The van der Waals surface area contributed by atoms with Gasteiger partial charge in [-0.25, -0.2) is 0 Å². The Labute approximate surface area is 160 Å². The van der Waals surface area contributed by atoms with Gasteiger partial charge in [0.15, 0.2) is 5.78 Å². The molecule has 1 amide bonds. The van der Waals surface area contributed by atoms with E-state index in [1.807, 2.05) is 23.1 Å². The maximum atomic E-state index is 12.8. The van der Waals surface area contributed by atoms with Gasteiger partial charge in [-0.2, -0.15) is 0 Å². The molecule has 1 unspecified atom stereocenters. The number of carbonyl (C=O) groups is 2. The number of piperidine rings is 1. The van der Waals surface area contributed by atoms with Crippen molar-refractivity contribution in [1.82, 2.24) is 4.90 Å². The van der Waals surface area contributed by atoms with Crippen LogP contribution in [0.25, 0.3) is 0 Å². The maximum Gasteiger partial charge on any atom is 0.254 e. The lowest BCUT2D eigenvalue weighted by atomic mass is 9.88. The third kappa shape index (κ3) is 4.83. The summed E-state index contributed by atoms with van der Waals surface area (Å²) >= 11 is 0. The van der Waals surface area contributed by atoms with E-state index in [0.717, 1.165) is 25.7 Å². The monoisotopic (exact) mass is 365 g/mol. The molecule has 1 aliphatic heterocycles. The molecule has 3 rings (SSSR count). The Kier molecular flexibility index (Phi) is 6.40. The molecule has 0 spiro atoms. The number of likely N-dealkylation sites (tertiary alicyclic amines) is 1. The van der Waals surface area contributed by atoms with Gasteiger partial charge in [0.05, 0.1) is 11.7 Å². The lowest BCUT2D eigenvalue weighted by Gasteiger charge is -2.34. The van der Waals surface area contributed by atoms with Crippen molar-refractivity contribution in [3.05, 3.63) is 71.3 Å². The molecule has 27 heavy (non-hydrogen) atoms. The first-order valence-electron chi connectivity index (χ1n) is 9.67. The topological polar surface area (TPSA) is 57.6 Å². The number of ketones is 1. The Hall–Kier alpha value is -2.46. The molecule has 4 nitrogen and oxygen atoms in total. The van der Waals surface area contributed by atoms with Crippen molar-refractivity contribution in [2.24, 2.45) is 5.92 Å². The molecule has 0 radical (unpaired) electrons. The van der Waals surface area contributed by atoms with E-state index in [1.165, 1.54) is 12.5 Å². The van der Waals surface area contributed by atoms with Gasteiger partial charge in [-0.1, -0.05) is 48.5 Å². The Morgan fingerprint density at radius 2 is 1.59 bits per heavy atom. The van der Waals surface area contributed by atoms with Gasteiger partial charge in [-0.3, -0.25) is 9.59 Å². The van der Waals surface area contributed by atoms with Crippen LogP contribution in [0.4, 0.5) is 0 Å². The summed E-state index contributed by atoms with van der Waals surface area (Å²) < 4.78 is 0. The predicted octanol–water partition coefficient (Wildman–Crippen LogP) is 3.74. The van der Waals surface area contributed by atoms with E-state index in [0.29, 0.717) is 24.2 Å². The Morgan fingerprint density at radius 1 is 1.00 bits per heavy atom. The lowest BCUT2D eigenvalue weighted by Crippen LogP contribution is -2.41. The highest BCUT2D eigenvalue weighted by atomic mass is 16.3. The average Bonchev–Trinajstić information content (AvgIpc) is 2.72. The molecular weight excluding hydrogens is 338 g/mol. The van der Waals surface area contributed by atoms with E-state index in [1.54, 1.807) is 24.3 Å². The summed E-state index contributed by atoms with van der Waals surface area (Å²) in [7, 11) is 0. The first-order valence-corrected chi connectivity index (χ1v) is 9.67. The van der Waals surface area contributed by atoms with Crippen molar-refractivity contribution in [2.45, 2.75) is 38.7 Å². The lowest BCUT2D eigenvalue weighted by molar-refractivity contribution is 0.0436. The molecule has 0 saturated carbocycles. The second-order valence-corrected chi connectivity index (χ2v) is 7.32. The predicted molar refractivity (Wildman–Crippen MR) is 106 cm³/mol. The first kappa shape index (κ1) is 19.3. The van der Waals surface area contributed by atoms with Gasteiger partial charge in [0.1, 0.15) is 0 Å². The summed E-state index contributed by atoms with van der Waals surface area (Å²) in [5.41, 5.74) is 2.20. The maximum absolute atomic E-state index is 12.8. The summed E-state index contributed by atoms with van der Waals surface area (Å²) in [4.78, 5) is 26.4. The standard InChI is InChI=1S/C23H27NO3/c1-17(25)20-9-5-6-10-21(20)23(27)24-15-13-19(14-16-24)22(26)12-11-18-7-3-2-4-8-18/h2-10,19,22,26H,11-16H2,1H3. The first-order chi connectivity index (χ1) is 13.1. The van der Waals surface area contributed by atoms with Crippen molar-refractivity contribution in [1.29, 1.82) is 0 Å². The summed E-state index contributed by atoms with van der Waals surface area (Å²) in [6, 6.07) is 17.2. The van der Waals surface area contributed by atoms with Crippen LogP contribution in [0, 0.1) is 5.92 Å². The number of aliphatic hydroxyl groups is 1. The van der Waals surface area contributed by atoms with Crippen molar-refractivity contribution in [3.63, 3.8) is 0 Å². The average molecular weight is 365 g/mol. The molecule has 0 aromatic heterocycles. The van der Waals surface area contributed by atoms with E-state index in [4.69, 9.17) is 0 Å². The summed E-state index contributed by atoms with van der Waals surface area (Å²) in [5, 5.41) is 10.5. The highest BCUT2D eigenvalue weighted by Gasteiger charge is 2.28. The second kappa shape index (κ2) is 8.96. The number of aliphatic hydroxyl groups excluding tert-OH is 1. The zero-order valence-corrected chi connectivity index (χ0v) is 15.8. The van der Waals surface area contributed by atoms with Gasteiger partial charge in [0.2, 0.25) is 0 Å². The quantitative estimate of drug-likeness (QED) is 0.794. The largest absolute Gasteiger partial charge is 0.393 e. The minimum Gasteiger partial charge on any atom is -0.393 e. The van der Waals surface area contributed by atoms with Gasteiger partial charge in [-0.05, 0) is 50.2 Å². The van der Waals surface area contributed by atoms with Crippen LogP contribution in [0.1, 0.15) is 52.5 Å². The summed E-state index contributed by atoms with van der Waals surface area (Å²) in [6.45, 7) is 2.73. The third-order valence-electron chi connectivity index (χ3n) is 5.48. The molecule has 1 saturated heterocycles. The van der Waals surface area contributed by atoms with Gasteiger partial charge in [-0.15, -0.1) is 0 Å². The van der Waals surface area contributed by atoms with Crippen molar-refractivity contribution >= 4 is 11.7 Å². The molecule has 2 aromatic rings. The zero-order valence-electron chi connectivity index (χ0n) is 15.8. The van der Waals surface area contributed by atoms with Crippen LogP contribution >= 0.6 is 0 Å². The third-order valence-corrected chi connectivity index (χ3v) is 5.48. The molecule has 1 atom stereocenters. The molecule has 142 valence electrons. The molecule has 1 fully saturated rings. The van der Waals surface area contributed by atoms with E-state index in [-0.39, 0.29) is 23.7 Å². The molecule has 2 aromatic carbocycles. The fraction of sp³-hybridized carbons (Fsp3) is 0.391. The van der Waals surface area contributed by atoms with E-state index < -0.39 is 0 Å². The van der Waals surface area contributed by atoms with E-state index in [9.17, 15) is 14.7 Å². The number of benzene rings is 2. The fourth-order valence-corrected chi connectivity index (χ4v) is 3.83. The van der Waals surface area contributed by atoms with Crippen molar-refractivity contribution < 1.29 is 14.7 Å². The van der Waals surface area contributed by atoms with Gasteiger partial charge >= 0.3 is 0 Å². The Bertz CT molecular complexity index is 779. The molecule has 1 heterocycles. The Morgan fingerprint density at radius 3 is 2.22 bits per heavy atom. The van der Waals surface area contributed by atoms with Gasteiger partial charge in [0, 0.05) is 18.7 Å². The Balaban J connectivity index is 1.54. The van der Waals surface area contributed by atoms with E-state index >= 15 is 0 Å². The second-order valence-electron chi connectivity index (χ2n) is 7.32. The number of amides is 1. The zero-order chi connectivity index (χ0) is 19.2. The van der Waals surface area contributed by atoms with Crippen LogP contribution < -0.4 is 0 Å². The van der Waals surface area contributed by atoms with Crippen LogP contribution in [0.5, 0.6) is 0 Å². The number of rotatable bonds is 6. The molecule has 4 heteroatoms. The van der Waals surface area contributed by atoms with Gasteiger partial charge < -0.3 is 10.0 Å². The number of hydrogen-bond donors (Lipinski definition) is 1. The number of carbonyl (C=O) groups excluding carboxylic acids is 2. The fourth-order valence-electron chi connectivity index (χ4n) is 3.83. The van der Waals surface area contributed by atoms with Crippen molar-refractivity contribution in [2.75, 3.05) is 13.1 Å². The minimum absolute atomic E-state index is 0.0852. The van der Waals surface area contributed by atoms with Gasteiger partial charge in [0.25, 0.3) is 5.91 Å². The van der Waals surface area contributed by atoms with Crippen LogP contribution in [-0.4, -0.2) is 40.9 Å². The van der Waals surface area contributed by atoms with Crippen molar-refractivity contribution in [3.8, 4) is 0 Å². The van der Waals surface area contributed by atoms with Crippen LogP contribution in [0.15, 0.2) is 54.6 Å². The smallest absolute Gasteiger partial charge is 0.254 e. The summed E-state index contributed by atoms with van der Waals surface area (Å²) in [5.74, 6) is 0.0454. The summed E-state index contributed by atoms with van der Waals surface area (Å²) in [6.07, 6.45) is 2.86. The highest BCUT2D eigenvalue weighted by Crippen LogP contribution is 2.25. The molecule has 1 N–H and O–H groups in total. The SMILES string of the molecule is CC(=O)c1ccccc1C(=O)N1CCC(C(O)CCc2ccccc2)CC1. The number of nitrogens with zero attached hydrogens (tertiary/aromatic N) is 1. The number of Topliss-reactive ketones (excluding diaryl/α,β-unsaturated/α-hetero) is 1. The normalized spacial score (nSPS) is 16.1. The molecular formula is C23H27NO3. The van der Waals surface area contributed by atoms with Crippen LogP contribution in [0.2, 0.25) is 0 Å². The highest BCUT2D eigenvalue weighted by molar-refractivity contribution is 6.07. The molecule has 1 aliphatic rings. The van der Waals surface area contributed by atoms with E-state index in [2.05, 4.69) is 12.1 Å². The van der Waals surface area contributed by atoms with Crippen LogP contribution in [0.3, 0.4) is 0 Å². The number of hydrogen-bond acceptors (Lipinski definition) is 3. The minimum atomic E-state index is -0.341. The molecule has 0 aliphatic carbocycles.